The van der Waals surface area contributed by atoms with Crippen LogP contribution in [0.2, 0.25) is 0 Å². The summed E-state index contributed by atoms with van der Waals surface area (Å²) in [7, 11) is 3.38. The lowest BCUT2D eigenvalue weighted by Gasteiger charge is -2.12. The van der Waals surface area contributed by atoms with Gasteiger partial charge in [-0.15, -0.1) is 0 Å². The van der Waals surface area contributed by atoms with Gasteiger partial charge in [-0.3, -0.25) is 0 Å². The Labute approximate surface area is 119 Å². The van der Waals surface area contributed by atoms with E-state index in [4.69, 9.17) is 20.2 Å². The maximum atomic E-state index is 10.8. The van der Waals surface area contributed by atoms with E-state index in [-0.39, 0.29) is 11.7 Å². The van der Waals surface area contributed by atoms with Crippen molar-refractivity contribution in [1.82, 2.24) is 0 Å². The SMILES string of the molecule is COc1cccc(OCCC(C)CCS(=O)(=O)Cl)c1. The average Bonchev–Trinajstić information content (AvgIpc) is 2.36. The second-order valence-electron chi connectivity index (χ2n) is 4.45. The van der Waals surface area contributed by atoms with E-state index in [0.29, 0.717) is 13.0 Å². The van der Waals surface area contributed by atoms with E-state index in [2.05, 4.69) is 0 Å². The molecule has 0 aliphatic rings. The van der Waals surface area contributed by atoms with Crippen LogP contribution in [0.1, 0.15) is 19.8 Å². The minimum Gasteiger partial charge on any atom is -0.497 e. The molecule has 0 heterocycles. The van der Waals surface area contributed by atoms with Gasteiger partial charge in [-0.1, -0.05) is 13.0 Å². The van der Waals surface area contributed by atoms with Crippen LogP contribution in [0.25, 0.3) is 0 Å². The summed E-state index contributed by atoms with van der Waals surface area (Å²) >= 11 is 0. The Balaban J connectivity index is 2.29. The van der Waals surface area contributed by atoms with E-state index in [1.807, 2.05) is 31.2 Å². The topological polar surface area (TPSA) is 52.6 Å². The molecular weight excluding hydrogens is 288 g/mol. The van der Waals surface area contributed by atoms with Crippen LogP contribution in [-0.4, -0.2) is 27.9 Å². The van der Waals surface area contributed by atoms with Crippen LogP contribution in [0, 0.1) is 5.92 Å². The first-order valence-electron chi connectivity index (χ1n) is 6.10. The van der Waals surface area contributed by atoms with Gasteiger partial charge in [-0.2, -0.15) is 0 Å². The van der Waals surface area contributed by atoms with Crippen molar-refractivity contribution in [2.24, 2.45) is 5.92 Å². The quantitative estimate of drug-likeness (QED) is 0.693. The molecule has 1 rings (SSSR count). The summed E-state index contributed by atoms with van der Waals surface area (Å²) < 4.78 is 32.3. The van der Waals surface area contributed by atoms with Crippen LogP contribution in [0.3, 0.4) is 0 Å². The highest BCUT2D eigenvalue weighted by Gasteiger charge is 2.09. The Hall–Kier alpha value is -0.940. The summed E-state index contributed by atoms with van der Waals surface area (Å²) in [4.78, 5) is 0. The monoisotopic (exact) mass is 306 g/mol. The minimum absolute atomic E-state index is 0.00881. The average molecular weight is 307 g/mol. The van der Waals surface area contributed by atoms with E-state index in [1.165, 1.54) is 0 Å². The highest BCUT2D eigenvalue weighted by atomic mass is 35.7. The van der Waals surface area contributed by atoms with Gasteiger partial charge in [0.25, 0.3) is 0 Å². The van der Waals surface area contributed by atoms with Crippen LogP contribution in [-0.2, 0) is 9.05 Å². The molecule has 0 amide bonds. The third kappa shape index (κ3) is 7.28. The maximum absolute atomic E-state index is 10.8. The normalized spacial score (nSPS) is 13.0. The van der Waals surface area contributed by atoms with Crippen LogP contribution in [0.5, 0.6) is 11.5 Å². The zero-order valence-corrected chi connectivity index (χ0v) is 12.7. The molecule has 4 nitrogen and oxygen atoms in total. The molecule has 0 radical (unpaired) electrons. The van der Waals surface area contributed by atoms with E-state index >= 15 is 0 Å². The molecule has 0 spiro atoms. The molecule has 0 N–H and O–H groups in total. The molecule has 108 valence electrons. The molecule has 1 aromatic carbocycles. The first-order valence-corrected chi connectivity index (χ1v) is 8.58. The van der Waals surface area contributed by atoms with Crippen LogP contribution in [0.15, 0.2) is 24.3 Å². The molecule has 0 aliphatic heterocycles. The van der Waals surface area contributed by atoms with Crippen molar-refractivity contribution in [1.29, 1.82) is 0 Å². The Bertz CT molecular complexity index is 487. The molecule has 6 heteroatoms. The summed E-state index contributed by atoms with van der Waals surface area (Å²) in [5, 5.41) is 0. The number of ether oxygens (including phenoxy) is 2. The van der Waals surface area contributed by atoms with Gasteiger partial charge in [0, 0.05) is 16.7 Å². The molecule has 1 aromatic rings. The van der Waals surface area contributed by atoms with Gasteiger partial charge in [-0.05, 0) is 30.9 Å². The molecule has 0 bridgehead atoms. The molecule has 0 saturated heterocycles. The summed E-state index contributed by atoms with van der Waals surface area (Å²) in [5.41, 5.74) is 0. The third-order valence-corrected chi connectivity index (χ3v) is 3.96. The Morgan fingerprint density at radius 1 is 1.26 bits per heavy atom. The lowest BCUT2D eigenvalue weighted by molar-refractivity contribution is 0.280. The number of hydrogen-bond acceptors (Lipinski definition) is 4. The van der Waals surface area contributed by atoms with Gasteiger partial charge < -0.3 is 9.47 Å². The summed E-state index contributed by atoms with van der Waals surface area (Å²) in [6.45, 7) is 2.52. The van der Waals surface area contributed by atoms with Gasteiger partial charge in [0.05, 0.1) is 19.5 Å². The van der Waals surface area contributed by atoms with E-state index in [9.17, 15) is 8.42 Å². The van der Waals surface area contributed by atoms with E-state index in [0.717, 1.165) is 17.9 Å². The first-order chi connectivity index (χ1) is 8.90. The number of halogens is 1. The maximum Gasteiger partial charge on any atom is 0.232 e. The largest absolute Gasteiger partial charge is 0.497 e. The molecule has 19 heavy (non-hydrogen) atoms. The number of rotatable bonds is 8. The predicted octanol–water partition coefficient (Wildman–Crippen LogP) is 3.06. The fourth-order valence-corrected chi connectivity index (χ4v) is 2.51. The van der Waals surface area contributed by atoms with Gasteiger partial charge in [-0.25, -0.2) is 8.42 Å². The second-order valence-corrected chi connectivity index (χ2v) is 7.35. The fraction of sp³-hybridized carbons (Fsp3) is 0.538. The summed E-state index contributed by atoms with van der Waals surface area (Å²) in [6.07, 6.45) is 1.33. The second kappa shape index (κ2) is 7.60. The van der Waals surface area contributed by atoms with Crippen molar-refractivity contribution in [2.45, 2.75) is 19.8 Å². The molecule has 0 aromatic heterocycles. The fourth-order valence-electron chi connectivity index (χ4n) is 1.56. The van der Waals surface area contributed by atoms with Crippen LogP contribution < -0.4 is 9.47 Å². The van der Waals surface area contributed by atoms with Crippen molar-refractivity contribution in [2.75, 3.05) is 19.5 Å². The third-order valence-electron chi connectivity index (χ3n) is 2.78. The minimum atomic E-state index is -3.39. The smallest absolute Gasteiger partial charge is 0.232 e. The van der Waals surface area contributed by atoms with Crippen LogP contribution >= 0.6 is 10.7 Å². The van der Waals surface area contributed by atoms with Gasteiger partial charge >= 0.3 is 0 Å². The number of benzene rings is 1. The molecular formula is C13H19ClO4S. The van der Waals surface area contributed by atoms with Crippen molar-refractivity contribution >= 4 is 19.7 Å². The Morgan fingerprint density at radius 2 is 1.95 bits per heavy atom. The highest BCUT2D eigenvalue weighted by Crippen LogP contribution is 2.19. The Kier molecular flexibility index (Phi) is 6.45. The van der Waals surface area contributed by atoms with Crippen molar-refractivity contribution in [3.8, 4) is 11.5 Å². The zero-order valence-electron chi connectivity index (χ0n) is 11.1. The molecule has 1 unspecified atom stereocenters. The zero-order chi connectivity index (χ0) is 14.3. The van der Waals surface area contributed by atoms with Gasteiger partial charge in [0.15, 0.2) is 0 Å². The number of methoxy groups -OCH3 is 1. The van der Waals surface area contributed by atoms with E-state index < -0.39 is 9.05 Å². The van der Waals surface area contributed by atoms with Crippen molar-refractivity contribution in [3.05, 3.63) is 24.3 Å². The molecule has 0 aliphatic carbocycles. The van der Waals surface area contributed by atoms with Crippen LogP contribution in [0.4, 0.5) is 0 Å². The van der Waals surface area contributed by atoms with Crippen molar-refractivity contribution in [3.63, 3.8) is 0 Å². The van der Waals surface area contributed by atoms with Gasteiger partial charge in [0.1, 0.15) is 11.5 Å². The molecule has 0 fully saturated rings. The predicted molar refractivity (Wildman–Crippen MR) is 76.5 cm³/mol. The standard InChI is InChI=1S/C13H19ClO4S/c1-11(7-9-19(14,15)16)6-8-18-13-5-3-4-12(10-13)17-2/h3-5,10-11H,6-9H2,1-2H3. The Morgan fingerprint density at radius 3 is 2.58 bits per heavy atom. The van der Waals surface area contributed by atoms with Gasteiger partial charge in [0.2, 0.25) is 9.05 Å². The number of hydrogen-bond donors (Lipinski definition) is 0. The summed E-state index contributed by atoms with van der Waals surface area (Å²) in [6, 6.07) is 7.38. The van der Waals surface area contributed by atoms with Crippen molar-refractivity contribution < 1.29 is 17.9 Å². The van der Waals surface area contributed by atoms with E-state index in [1.54, 1.807) is 7.11 Å². The summed E-state index contributed by atoms with van der Waals surface area (Å²) in [5.74, 6) is 1.75. The highest BCUT2D eigenvalue weighted by molar-refractivity contribution is 8.13. The lowest BCUT2D eigenvalue weighted by atomic mass is 10.1. The lowest BCUT2D eigenvalue weighted by Crippen LogP contribution is -2.08. The molecule has 1 atom stereocenters. The molecule has 0 saturated carbocycles. The first kappa shape index (κ1) is 16.1.